The number of hydrogen-bond acceptors (Lipinski definition) is 3. The zero-order valence-corrected chi connectivity index (χ0v) is 17.1. The number of hydrogen-bond donors (Lipinski definition) is 1. The SMILES string of the molecule is CC(C)C[C@H](N)C(=O)[O-].Cc1c(C)c(C)[c-](C)c1C.[Cl][Ir+2]. The summed E-state index contributed by atoms with van der Waals surface area (Å²) < 4.78 is 0. The Morgan fingerprint density at radius 3 is 1.62 bits per heavy atom. The van der Waals surface area contributed by atoms with Crippen LogP contribution in [0.1, 0.15) is 48.1 Å². The van der Waals surface area contributed by atoms with Gasteiger partial charge in [0.2, 0.25) is 0 Å². The normalized spacial score (nSPS) is 11.2. The van der Waals surface area contributed by atoms with Crippen LogP contribution in [0.2, 0.25) is 0 Å². The molecule has 0 unspecified atom stereocenters. The molecule has 21 heavy (non-hydrogen) atoms. The number of carbonyl (C=O) groups excluding carboxylic acids is 1. The van der Waals surface area contributed by atoms with Crippen LogP contribution in [0.25, 0.3) is 0 Å². The molecule has 1 rings (SSSR count). The Hall–Kier alpha value is -0.281. The molecule has 0 saturated heterocycles. The van der Waals surface area contributed by atoms with E-state index < -0.39 is 12.0 Å². The summed E-state index contributed by atoms with van der Waals surface area (Å²) in [6.45, 7) is 14.8. The average Bonchev–Trinajstić information content (AvgIpc) is 2.59. The third kappa shape index (κ3) is 8.06. The van der Waals surface area contributed by atoms with Crippen LogP contribution in [0, 0.1) is 40.5 Å². The fourth-order valence-electron chi connectivity index (χ4n) is 2.01. The van der Waals surface area contributed by atoms with Gasteiger partial charge in [-0.15, -0.1) is 0 Å². The Labute approximate surface area is 143 Å². The fraction of sp³-hybridized carbons (Fsp3) is 0.625. The van der Waals surface area contributed by atoms with Crippen molar-refractivity contribution in [2.24, 2.45) is 11.7 Å². The molecule has 0 aliphatic carbocycles. The molecular formula is C16H27ClIrNO2. The van der Waals surface area contributed by atoms with Gasteiger partial charge in [0.15, 0.2) is 0 Å². The van der Waals surface area contributed by atoms with Crippen LogP contribution in [0.4, 0.5) is 0 Å². The van der Waals surface area contributed by atoms with Gasteiger partial charge in [-0.1, -0.05) is 48.5 Å². The van der Waals surface area contributed by atoms with E-state index in [-0.39, 0.29) is 0 Å². The van der Waals surface area contributed by atoms with E-state index in [1.807, 2.05) is 13.8 Å². The number of rotatable bonds is 3. The molecule has 3 nitrogen and oxygen atoms in total. The van der Waals surface area contributed by atoms with E-state index in [0.29, 0.717) is 12.3 Å². The van der Waals surface area contributed by atoms with E-state index >= 15 is 0 Å². The van der Waals surface area contributed by atoms with E-state index in [0.717, 1.165) is 0 Å². The number of aliphatic carboxylic acids is 1. The van der Waals surface area contributed by atoms with Crippen LogP contribution in [0.3, 0.4) is 0 Å². The number of nitrogens with two attached hydrogens (primary N) is 1. The second kappa shape index (κ2) is 11.3. The monoisotopic (exact) mass is 493 g/mol. The van der Waals surface area contributed by atoms with Crippen molar-refractivity contribution >= 4 is 15.6 Å². The van der Waals surface area contributed by atoms with Gasteiger partial charge in [-0.2, -0.15) is 27.8 Å². The molecule has 0 fully saturated rings. The number of carbonyl (C=O) groups is 1. The summed E-state index contributed by atoms with van der Waals surface area (Å²) in [5.41, 5.74) is 12.5. The van der Waals surface area contributed by atoms with Gasteiger partial charge < -0.3 is 15.6 Å². The summed E-state index contributed by atoms with van der Waals surface area (Å²) in [5.74, 6) is -0.846. The van der Waals surface area contributed by atoms with Gasteiger partial charge in [0.1, 0.15) is 0 Å². The van der Waals surface area contributed by atoms with Crippen LogP contribution in [0.5, 0.6) is 0 Å². The van der Waals surface area contributed by atoms with E-state index in [4.69, 9.17) is 5.73 Å². The first-order chi connectivity index (χ1) is 9.59. The second-order valence-electron chi connectivity index (χ2n) is 5.68. The van der Waals surface area contributed by atoms with Crippen molar-refractivity contribution < 1.29 is 27.8 Å². The zero-order valence-electron chi connectivity index (χ0n) is 14.0. The van der Waals surface area contributed by atoms with E-state index in [2.05, 4.69) is 44.2 Å². The van der Waals surface area contributed by atoms with Gasteiger partial charge in [-0.05, 0) is 12.3 Å². The molecule has 124 valence electrons. The Balaban J connectivity index is 0. The summed E-state index contributed by atoms with van der Waals surface area (Å²) >= 11 is 1.47. The predicted molar refractivity (Wildman–Crippen MR) is 84.0 cm³/mol. The van der Waals surface area contributed by atoms with E-state index in [1.54, 1.807) is 0 Å². The Morgan fingerprint density at radius 1 is 1.19 bits per heavy atom. The first kappa shape index (κ1) is 23.0. The third-order valence-electron chi connectivity index (χ3n) is 3.84. The quantitative estimate of drug-likeness (QED) is 0.660. The standard InChI is InChI=1S/C10H15.C6H13NO2.ClH.Ir/c1-6-7(2)9(4)10(5)8(6)3;1-4(2)3-5(7)6(8)9;;/h1-5H3;4-5H,3,7H2,1-2H3,(H,8,9);1H;/q-1;;;+3/p-2/t;5-;;/m.0../s1. The molecule has 2 N–H and O–H groups in total. The topological polar surface area (TPSA) is 66.2 Å². The molecule has 0 radical (unpaired) electrons. The minimum atomic E-state index is -1.16. The summed E-state index contributed by atoms with van der Waals surface area (Å²) in [6.07, 6.45) is 0.488. The summed E-state index contributed by atoms with van der Waals surface area (Å²) in [7, 11) is 4.64. The van der Waals surface area contributed by atoms with E-state index in [1.165, 1.54) is 45.7 Å². The molecule has 0 bridgehead atoms. The minimum absolute atomic E-state index is 0.317. The molecule has 1 aromatic rings. The fourth-order valence-corrected chi connectivity index (χ4v) is 2.01. The third-order valence-corrected chi connectivity index (χ3v) is 3.84. The van der Waals surface area contributed by atoms with Crippen LogP contribution < -0.4 is 10.8 Å². The predicted octanol–water partition coefficient (Wildman–Crippen LogP) is 2.74. The van der Waals surface area contributed by atoms with Crippen LogP contribution >= 0.6 is 9.58 Å². The van der Waals surface area contributed by atoms with Crippen molar-refractivity contribution in [1.29, 1.82) is 0 Å². The van der Waals surface area contributed by atoms with Crippen molar-refractivity contribution in [3.8, 4) is 0 Å². The molecule has 0 aromatic heterocycles. The van der Waals surface area contributed by atoms with Crippen LogP contribution in [-0.2, 0) is 22.7 Å². The molecule has 0 spiro atoms. The molecular weight excluding hydrogens is 466 g/mol. The van der Waals surface area contributed by atoms with Crippen molar-refractivity contribution in [2.45, 2.75) is 60.9 Å². The van der Waals surface area contributed by atoms with E-state index in [9.17, 15) is 9.90 Å². The number of halogens is 1. The first-order valence-corrected chi connectivity index (χ1v) is 9.85. The van der Waals surface area contributed by atoms with Crippen molar-refractivity contribution in [1.82, 2.24) is 0 Å². The van der Waals surface area contributed by atoms with Crippen LogP contribution in [-0.4, -0.2) is 12.0 Å². The van der Waals surface area contributed by atoms with Crippen molar-refractivity contribution in [3.05, 3.63) is 27.8 Å². The van der Waals surface area contributed by atoms with Crippen LogP contribution in [0.15, 0.2) is 0 Å². The molecule has 1 atom stereocenters. The van der Waals surface area contributed by atoms with Gasteiger partial charge in [-0.3, -0.25) is 0 Å². The molecule has 5 heteroatoms. The maximum atomic E-state index is 10.00. The van der Waals surface area contributed by atoms with Gasteiger partial charge in [0, 0.05) is 6.04 Å². The molecule has 1 aromatic carbocycles. The van der Waals surface area contributed by atoms with Gasteiger partial charge in [-0.25, -0.2) is 0 Å². The van der Waals surface area contributed by atoms with Gasteiger partial charge in [0.05, 0.1) is 5.97 Å². The Morgan fingerprint density at radius 2 is 1.52 bits per heavy atom. The number of carboxylic acids is 1. The molecule has 0 aliphatic heterocycles. The van der Waals surface area contributed by atoms with Gasteiger partial charge in [0.25, 0.3) is 0 Å². The summed E-state index contributed by atoms with van der Waals surface area (Å²) in [4.78, 5) is 10.00. The molecule has 0 aliphatic rings. The average molecular weight is 493 g/mol. The first-order valence-electron chi connectivity index (χ1n) is 6.88. The Kier molecular flexibility index (Phi) is 12.4. The summed E-state index contributed by atoms with van der Waals surface area (Å²) in [6, 6.07) is -0.801. The molecule has 0 heterocycles. The molecule has 0 saturated carbocycles. The maximum absolute atomic E-state index is 10.00. The van der Waals surface area contributed by atoms with Gasteiger partial charge >= 0.3 is 27.5 Å². The Bertz CT molecular complexity index is 362. The summed E-state index contributed by atoms with van der Waals surface area (Å²) in [5, 5.41) is 10.00. The molecule has 0 amide bonds. The second-order valence-corrected chi connectivity index (χ2v) is 5.68. The zero-order chi connectivity index (χ0) is 17.3. The number of carboxylic acid groups (broad SMARTS) is 1. The van der Waals surface area contributed by atoms with Crippen molar-refractivity contribution in [3.63, 3.8) is 0 Å². The van der Waals surface area contributed by atoms with Crippen molar-refractivity contribution in [2.75, 3.05) is 0 Å².